The third kappa shape index (κ3) is 6.34. The number of rotatable bonds is 10. The van der Waals surface area contributed by atoms with Gasteiger partial charge in [-0.15, -0.1) is 0 Å². The third-order valence-corrected chi connectivity index (χ3v) is 8.19. The van der Waals surface area contributed by atoms with Crippen molar-refractivity contribution in [1.29, 1.82) is 0 Å². The number of H-pyrrole nitrogens is 2. The molecule has 9 nitrogen and oxygen atoms in total. The fourth-order valence-electron chi connectivity index (χ4n) is 5.94. The van der Waals surface area contributed by atoms with Crippen molar-refractivity contribution < 1.29 is 9.53 Å². The number of piperidine rings is 1. The Labute approximate surface area is 225 Å². The third-order valence-electron chi connectivity index (χ3n) is 8.19. The minimum atomic E-state index is -0.0410. The fourth-order valence-corrected chi connectivity index (χ4v) is 5.94. The predicted octanol–water partition coefficient (Wildman–Crippen LogP) is 3.83. The Balaban J connectivity index is 1.17. The van der Waals surface area contributed by atoms with Gasteiger partial charge in [0.1, 0.15) is 11.6 Å². The molecule has 0 atom stereocenters. The smallest absolute Gasteiger partial charge is 0.254 e. The van der Waals surface area contributed by atoms with Gasteiger partial charge in [-0.2, -0.15) is 0 Å². The van der Waals surface area contributed by atoms with E-state index < -0.39 is 0 Å². The van der Waals surface area contributed by atoms with Gasteiger partial charge in [-0.3, -0.25) is 14.6 Å². The van der Waals surface area contributed by atoms with Gasteiger partial charge in [0.15, 0.2) is 0 Å². The lowest BCUT2D eigenvalue weighted by Crippen LogP contribution is -2.58. The van der Waals surface area contributed by atoms with Crippen molar-refractivity contribution in [3.63, 3.8) is 0 Å². The molecule has 0 unspecified atom stereocenters. The van der Waals surface area contributed by atoms with E-state index in [9.17, 15) is 4.79 Å². The lowest BCUT2D eigenvalue weighted by atomic mass is 9.88. The normalized spacial score (nSPS) is 18.3. The molecular formula is C29H41N7O2. The molecule has 2 saturated heterocycles. The highest BCUT2D eigenvalue weighted by Crippen LogP contribution is 2.32. The summed E-state index contributed by atoms with van der Waals surface area (Å²) in [7, 11) is 0. The van der Waals surface area contributed by atoms with E-state index in [-0.39, 0.29) is 11.5 Å². The van der Waals surface area contributed by atoms with Crippen LogP contribution in [0.1, 0.15) is 67.1 Å². The number of aromatic amines is 2. The molecule has 9 heteroatoms. The Morgan fingerprint density at radius 1 is 1.00 bits per heavy atom. The number of carbonyl (C=O) groups is 1. The molecule has 38 heavy (non-hydrogen) atoms. The van der Waals surface area contributed by atoms with Gasteiger partial charge >= 0.3 is 0 Å². The molecule has 204 valence electrons. The number of morpholine rings is 1. The summed E-state index contributed by atoms with van der Waals surface area (Å²) < 4.78 is 6.39. The molecule has 3 aromatic rings. The van der Waals surface area contributed by atoms with Crippen molar-refractivity contribution >= 4 is 5.91 Å². The van der Waals surface area contributed by atoms with Gasteiger partial charge in [0.05, 0.1) is 25.3 Å². The van der Waals surface area contributed by atoms with Crippen molar-refractivity contribution in [3.8, 4) is 0 Å². The molecule has 0 saturated carbocycles. The zero-order chi connectivity index (χ0) is 26.4. The summed E-state index contributed by atoms with van der Waals surface area (Å²) in [5, 5.41) is 0. The molecule has 0 radical (unpaired) electrons. The number of imidazole rings is 2. The molecule has 2 aliphatic rings. The number of nitrogens with one attached hydrogen (secondary N) is 2. The summed E-state index contributed by atoms with van der Waals surface area (Å²) in [6.07, 6.45) is 11.5. The van der Waals surface area contributed by atoms with Crippen LogP contribution in [0.15, 0.2) is 49.1 Å². The zero-order valence-electron chi connectivity index (χ0n) is 22.7. The topological polar surface area (TPSA) is 93.4 Å². The van der Waals surface area contributed by atoms with Crippen LogP contribution in [0, 0.1) is 0 Å². The minimum absolute atomic E-state index is 0.0130. The first kappa shape index (κ1) is 26.6. The SMILES string of the molecule is CCC(CC)N1CCOC2(CCN(Cc3ccc(C(=O)N(Cc4ncc[nH]4)Cc4ncc[nH]4)cc3)CC2)C1. The number of carbonyl (C=O) groups excluding carboxylic acids is 1. The van der Waals surface area contributed by atoms with E-state index in [0.717, 1.165) is 63.8 Å². The van der Waals surface area contributed by atoms with Gasteiger partial charge in [-0.05, 0) is 43.4 Å². The number of amides is 1. The van der Waals surface area contributed by atoms with Gasteiger partial charge in [-0.1, -0.05) is 26.0 Å². The van der Waals surface area contributed by atoms with Crippen LogP contribution in [0.4, 0.5) is 0 Å². The summed E-state index contributed by atoms with van der Waals surface area (Å²) in [6.45, 7) is 11.3. The van der Waals surface area contributed by atoms with E-state index in [1.807, 2.05) is 12.1 Å². The molecule has 0 aliphatic carbocycles. The van der Waals surface area contributed by atoms with Gasteiger partial charge in [0.2, 0.25) is 0 Å². The molecule has 2 aliphatic heterocycles. The molecule has 4 heterocycles. The summed E-state index contributed by atoms with van der Waals surface area (Å²) in [5.41, 5.74) is 1.91. The largest absolute Gasteiger partial charge is 0.372 e. The van der Waals surface area contributed by atoms with Crippen LogP contribution in [0.5, 0.6) is 0 Å². The maximum Gasteiger partial charge on any atom is 0.254 e. The van der Waals surface area contributed by atoms with Crippen LogP contribution in [0.3, 0.4) is 0 Å². The second-order valence-corrected chi connectivity index (χ2v) is 10.7. The van der Waals surface area contributed by atoms with E-state index in [0.29, 0.717) is 24.7 Å². The molecule has 2 aromatic heterocycles. The predicted molar refractivity (Wildman–Crippen MR) is 146 cm³/mol. The molecule has 1 aromatic carbocycles. The van der Waals surface area contributed by atoms with Crippen LogP contribution in [-0.2, 0) is 24.4 Å². The average Bonchev–Trinajstić information content (AvgIpc) is 3.66. The Hall–Kier alpha value is -3.01. The Morgan fingerprint density at radius 2 is 1.63 bits per heavy atom. The average molecular weight is 520 g/mol. The summed E-state index contributed by atoms with van der Waals surface area (Å²) in [5.74, 6) is 1.45. The highest BCUT2D eigenvalue weighted by molar-refractivity contribution is 5.94. The number of benzene rings is 1. The molecule has 2 N–H and O–H groups in total. The molecular weight excluding hydrogens is 478 g/mol. The Morgan fingerprint density at radius 3 is 2.18 bits per heavy atom. The summed E-state index contributed by atoms with van der Waals surface area (Å²) >= 11 is 0. The maximum absolute atomic E-state index is 13.4. The minimum Gasteiger partial charge on any atom is -0.372 e. The zero-order valence-corrected chi connectivity index (χ0v) is 22.7. The van der Waals surface area contributed by atoms with Crippen LogP contribution in [0.25, 0.3) is 0 Å². The van der Waals surface area contributed by atoms with E-state index >= 15 is 0 Å². The first-order valence-electron chi connectivity index (χ1n) is 14.0. The van der Waals surface area contributed by atoms with Crippen LogP contribution < -0.4 is 0 Å². The van der Waals surface area contributed by atoms with Crippen molar-refractivity contribution in [2.24, 2.45) is 0 Å². The van der Waals surface area contributed by atoms with Crippen LogP contribution >= 0.6 is 0 Å². The first-order valence-corrected chi connectivity index (χ1v) is 14.0. The van der Waals surface area contributed by atoms with E-state index in [2.05, 4.69) is 55.7 Å². The van der Waals surface area contributed by atoms with Crippen molar-refractivity contribution in [3.05, 3.63) is 71.8 Å². The lowest BCUT2D eigenvalue weighted by molar-refractivity contribution is -0.144. The number of hydrogen-bond acceptors (Lipinski definition) is 6. The van der Waals surface area contributed by atoms with E-state index in [1.54, 1.807) is 29.7 Å². The molecule has 0 bridgehead atoms. The number of hydrogen-bond donors (Lipinski definition) is 2. The Bertz CT molecular complexity index is 1080. The number of nitrogens with zero attached hydrogens (tertiary/aromatic N) is 5. The first-order chi connectivity index (χ1) is 18.6. The second kappa shape index (κ2) is 12.2. The molecule has 1 spiro atoms. The van der Waals surface area contributed by atoms with E-state index in [1.165, 1.54) is 18.4 Å². The van der Waals surface area contributed by atoms with Gasteiger partial charge < -0.3 is 19.6 Å². The van der Waals surface area contributed by atoms with Crippen molar-refractivity contribution in [2.45, 2.75) is 70.8 Å². The highest BCUT2D eigenvalue weighted by atomic mass is 16.5. The van der Waals surface area contributed by atoms with Crippen molar-refractivity contribution in [1.82, 2.24) is 34.6 Å². The second-order valence-electron chi connectivity index (χ2n) is 10.7. The number of likely N-dealkylation sites (tertiary alicyclic amines) is 1. The number of ether oxygens (including phenoxy) is 1. The fraction of sp³-hybridized carbons (Fsp3) is 0.552. The molecule has 1 amide bonds. The van der Waals surface area contributed by atoms with Gasteiger partial charge in [0.25, 0.3) is 5.91 Å². The summed E-state index contributed by atoms with van der Waals surface area (Å²) in [6, 6.07) is 8.73. The Kier molecular flexibility index (Phi) is 8.56. The van der Waals surface area contributed by atoms with Crippen LogP contribution in [-0.4, -0.2) is 85.0 Å². The quantitative estimate of drug-likeness (QED) is 0.423. The summed E-state index contributed by atoms with van der Waals surface area (Å²) in [4.78, 5) is 35.1. The lowest BCUT2D eigenvalue weighted by Gasteiger charge is -2.49. The van der Waals surface area contributed by atoms with E-state index in [4.69, 9.17) is 4.74 Å². The van der Waals surface area contributed by atoms with Gasteiger partial charge in [-0.25, -0.2) is 9.97 Å². The van der Waals surface area contributed by atoms with Gasteiger partial charge in [0, 0.05) is 69.1 Å². The maximum atomic E-state index is 13.4. The molecule has 2 fully saturated rings. The highest BCUT2D eigenvalue weighted by Gasteiger charge is 2.40. The van der Waals surface area contributed by atoms with Crippen molar-refractivity contribution in [2.75, 3.05) is 32.8 Å². The number of aromatic nitrogens is 4. The monoisotopic (exact) mass is 519 g/mol. The van der Waals surface area contributed by atoms with Crippen LogP contribution in [0.2, 0.25) is 0 Å². The molecule has 5 rings (SSSR count). The standard InChI is InChI=1S/C29H41N7O2/c1-3-25(4-2)35-17-18-38-29(22-35)9-15-34(16-10-29)19-23-5-7-24(8-6-23)28(37)36(20-26-30-11-12-31-26)21-27-32-13-14-33-27/h5-8,11-14,25H,3-4,9-10,15-22H2,1-2H3,(H,30,31)(H,32,33).